The number of nitrogens with one attached hydrogen (secondary N) is 2. The van der Waals surface area contributed by atoms with Crippen molar-refractivity contribution in [3.63, 3.8) is 0 Å². The molecule has 0 aliphatic heterocycles. The largest absolute Gasteiger partial charge is 0.357 e. The van der Waals surface area contributed by atoms with Crippen LogP contribution in [0.25, 0.3) is 0 Å². The van der Waals surface area contributed by atoms with E-state index in [-0.39, 0.29) is 24.0 Å². The Morgan fingerprint density at radius 2 is 1.91 bits per heavy atom. The second-order valence-electron chi connectivity index (χ2n) is 6.47. The van der Waals surface area contributed by atoms with Crippen LogP contribution in [0.1, 0.15) is 51.1 Å². The molecule has 1 heterocycles. The normalized spacial score (nSPS) is 13.0. The van der Waals surface area contributed by atoms with Gasteiger partial charge in [-0.25, -0.2) is 0 Å². The number of nitrogens with zero attached hydrogens (tertiary/aromatic N) is 3. The smallest absolute Gasteiger partial charge is 0.191 e. The fraction of sp³-hybridized carbons (Fsp3) is 0.765. The molecule has 1 aromatic heterocycles. The second-order valence-corrected chi connectivity index (χ2v) is 6.47. The van der Waals surface area contributed by atoms with Crippen molar-refractivity contribution in [2.24, 2.45) is 18.0 Å². The summed E-state index contributed by atoms with van der Waals surface area (Å²) in [5.74, 6) is 1.60. The van der Waals surface area contributed by atoms with E-state index in [1.165, 1.54) is 11.3 Å². The maximum Gasteiger partial charge on any atom is 0.191 e. The molecular formula is C17H34IN5. The van der Waals surface area contributed by atoms with Gasteiger partial charge in [0.05, 0.1) is 5.69 Å². The highest BCUT2D eigenvalue weighted by atomic mass is 127. The number of rotatable bonds is 7. The van der Waals surface area contributed by atoms with Gasteiger partial charge in [-0.05, 0) is 52.0 Å². The van der Waals surface area contributed by atoms with Crippen LogP contribution < -0.4 is 10.6 Å². The minimum Gasteiger partial charge on any atom is -0.357 e. The molecule has 6 heteroatoms. The third kappa shape index (κ3) is 7.54. The van der Waals surface area contributed by atoms with Crippen LogP contribution >= 0.6 is 24.0 Å². The molecule has 0 aliphatic rings. The number of hydrogen-bond acceptors (Lipinski definition) is 2. The topological polar surface area (TPSA) is 54.2 Å². The lowest BCUT2D eigenvalue weighted by Crippen LogP contribution is -2.43. The molecule has 0 amide bonds. The van der Waals surface area contributed by atoms with Crippen molar-refractivity contribution < 1.29 is 0 Å². The first-order chi connectivity index (χ1) is 10.3. The second kappa shape index (κ2) is 10.9. The molecule has 1 rings (SSSR count). The van der Waals surface area contributed by atoms with Crippen LogP contribution in [-0.2, 0) is 13.5 Å². The molecule has 0 bridgehead atoms. The number of guanidine groups is 1. The zero-order chi connectivity index (χ0) is 16.7. The van der Waals surface area contributed by atoms with Gasteiger partial charge in [-0.15, -0.1) is 24.0 Å². The Morgan fingerprint density at radius 1 is 1.26 bits per heavy atom. The Labute approximate surface area is 158 Å². The standard InChI is InChI=1S/C17H33N5.HI/c1-8-18-17(19-10-9-12(2)3)20-13(4)11-16-14(5)21-22(7)15(16)6;/h12-13H,8-11H2,1-7H3,(H2,18,19,20);1H. The number of aromatic nitrogens is 2. The molecular weight excluding hydrogens is 401 g/mol. The summed E-state index contributed by atoms with van der Waals surface area (Å²) >= 11 is 0. The Balaban J connectivity index is 0.00000484. The maximum atomic E-state index is 4.66. The first kappa shape index (κ1) is 22.2. The molecule has 134 valence electrons. The van der Waals surface area contributed by atoms with E-state index in [0.717, 1.165) is 37.6 Å². The lowest BCUT2D eigenvalue weighted by molar-refractivity contribution is 0.589. The summed E-state index contributed by atoms with van der Waals surface area (Å²) in [6.45, 7) is 14.7. The van der Waals surface area contributed by atoms with E-state index < -0.39 is 0 Å². The van der Waals surface area contributed by atoms with Crippen LogP contribution in [0.2, 0.25) is 0 Å². The average Bonchev–Trinajstić information content (AvgIpc) is 2.65. The SMILES string of the molecule is CCNC(=NCCC(C)C)NC(C)Cc1c(C)nn(C)c1C.I. The van der Waals surface area contributed by atoms with Gasteiger partial charge in [-0.1, -0.05) is 13.8 Å². The van der Waals surface area contributed by atoms with E-state index in [9.17, 15) is 0 Å². The molecule has 0 saturated heterocycles. The maximum absolute atomic E-state index is 4.66. The quantitative estimate of drug-likeness (QED) is 0.393. The van der Waals surface area contributed by atoms with E-state index in [1.54, 1.807) is 0 Å². The van der Waals surface area contributed by atoms with E-state index in [0.29, 0.717) is 12.0 Å². The van der Waals surface area contributed by atoms with Crippen LogP contribution in [0, 0.1) is 19.8 Å². The molecule has 5 nitrogen and oxygen atoms in total. The molecule has 0 saturated carbocycles. The first-order valence-electron chi connectivity index (χ1n) is 8.39. The Bertz CT molecular complexity index is 493. The van der Waals surface area contributed by atoms with Crippen molar-refractivity contribution >= 4 is 29.9 Å². The summed E-state index contributed by atoms with van der Waals surface area (Å²) in [5, 5.41) is 11.3. The van der Waals surface area contributed by atoms with Crippen molar-refractivity contribution in [2.45, 2.75) is 60.4 Å². The average molecular weight is 435 g/mol. The van der Waals surface area contributed by atoms with Crippen LogP contribution in [0.4, 0.5) is 0 Å². The summed E-state index contributed by atoms with van der Waals surface area (Å²) in [6.07, 6.45) is 2.08. The number of hydrogen-bond donors (Lipinski definition) is 2. The van der Waals surface area contributed by atoms with E-state index in [2.05, 4.69) is 62.3 Å². The fourth-order valence-electron chi connectivity index (χ4n) is 2.46. The summed E-state index contributed by atoms with van der Waals surface area (Å²) in [4.78, 5) is 4.66. The number of halogens is 1. The van der Waals surface area contributed by atoms with E-state index in [1.807, 2.05) is 11.7 Å². The lowest BCUT2D eigenvalue weighted by atomic mass is 10.1. The molecule has 1 atom stereocenters. The van der Waals surface area contributed by atoms with Gasteiger partial charge in [0, 0.05) is 31.9 Å². The van der Waals surface area contributed by atoms with E-state index >= 15 is 0 Å². The monoisotopic (exact) mass is 435 g/mol. The zero-order valence-corrected chi connectivity index (χ0v) is 18.1. The van der Waals surface area contributed by atoms with Crippen molar-refractivity contribution in [1.82, 2.24) is 20.4 Å². The van der Waals surface area contributed by atoms with Crippen LogP contribution in [0.5, 0.6) is 0 Å². The predicted octanol–water partition coefficient (Wildman–Crippen LogP) is 3.19. The molecule has 0 aromatic carbocycles. The zero-order valence-electron chi connectivity index (χ0n) is 15.7. The van der Waals surface area contributed by atoms with Gasteiger partial charge in [-0.3, -0.25) is 9.67 Å². The van der Waals surface area contributed by atoms with Crippen molar-refractivity contribution in [3.8, 4) is 0 Å². The van der Waals surface area contributed by atoms with Crippen molar-refractivity contribution in [2.75, 3.05) is 13.1 Å². The van der Waals surface area contributed by atoms with Crippen molar-refractivity contribution in [1.29, 1.82) is 0 Å². The van der Waals surface area contributed by atoms with Crippen molar-refractivity contribution in [3.05, 3.63) is 17.0 Å². The molecule has 0 aliphatic carbocycles. The van der Waals surface area contributed by atoms with Gasteiger partial charge < -0.3 is 10.6 Å². The van der Waals surface area contributed by atoms with Gasteiger partial charge >= 0.3 is 0 Å². The summed E-state index contributed by atoms with van der Waals surface area (Å²) in [5.41, 5.74) is 3.70. The molecule has 0 fully saturated rings. The highest BCUT2D eigenvalue weighted by molar-refractivity contribution is 14.0. The number of aryl methyl sites for hydroxylation is 2. The predicted molar refractivity (Wildman–Crippen MR) is 110 cm³/mol. The third-order valence-corrected chi connectivity index (χ3v) is 3.87. The van der Waals surface area contributed by atoms with Gasteiger partial charge in [-0.2, -0.15) is 5.10 Å². The molecule has 0 radical (unpaired) electrons. The molecule has 23 heavy (non-hydrogen) atoms. The minimum absolute atomic E-state index is 0. The number of aliphatic imine (C=N–C) groups is 1. The Hall–Kier alpha value is -0.790. The highest BCUT2D eigenvalue weighted by Gasteiger charge is 2.13. The molecule has 1 aromatic rings. The molecule has 1 unspecified atom stereocenters. The Kier molecular flexibility index (Phi) is 10.5. The van der Waals surface area contributed by atoms with Gasteiger partial charge in [0.2, 0.25) is 0 Å². The van der Waals surface area contributed by atoms with Crippen LogP contribution in [-0.4, -0.2) is 34.9 Å². The lowest BCUT2D eigenvalue weighted by Gasteiger charge is -2.18. The van der Waals surface area contributed by atoms with Gasteiger partial charge in [0.15, 0.2) is 5.96 Å². The van der Waals surface area contributed by atoms with Gasteiger partial charge in [0.1, 0.15) is 0 Å². The van der Waals surface area contributed by atoms with Crippen LogP contribution in [0.3, 0.4) is 0 Å². The third-order valence-electron chi connectivity index (χ3n) is 3.87. The summed E-state index contributed by atoms with van der Waals surface area (Å²) in [7, 11) is 2.00. The summed E-state index contributed by atoms with van der Waals surface area (Å²) in [6, 6.07) is 0.318. The summed E-state index contributed by atoms with van der Waals surface area (Å²) < 4.78 is 1.96. The van der Waals surface area contributed by atoms with E-state index in [4.69, 9.17) is 0 Å². The minimum atomic E-state index is 0. The molecule has 0 spiro atoms. The van der Waals surface area contributed by atoms with Gasteiger partial charge in [0.25, 0.3) is 0 Å². The first-order valence-corrected chi connectivity index (χ1v) is 8.39. The molecule has 2 N–H and O–H groups in total. The fourth-order valence-corrected chi connectivity index (χ4v) is 2.46. The highest BCUT2D eigenvalue weighted by Crippen LogP contribution is 2.14. The van der Waals surface area contributed by atoms with Crippen LogP contribution in [0.15, 0.2) is 4.99 Å². The Morgan fingerprint density at radius 3 is 2.39 bits per heavy atom.